The first-order valence-electron chi connectivity index (χ1n) is 5.76. The zero-order valence-corrected chi connectivity index (χ0v) is 14.2. The molecule has 0 spiro atoms. The van der Waals surface area contributed by atoms with E-state index in [0.29, 0.717) is 34.0 Å². The second-order valence-electron chi connectivity index (χ2n) is 4.12. The van der Waals surface area contributed by atoms with Crippen molar-refractivity contribution in [1.29, 1.82) is 0 Å². The van der Waals surface area contributed by atoms with Crippen LogP contribution in [0.2, 0.25) is 15.1 Å². The first-order chi connectivity index (χ1) is 9.51. The van der Waals surface area contributed by atoms with E-state index in [2.05, 4.69) is 15.9 Å². The monoisotopic (exact) mass is 393 g/mol. The highest BCUT2D eigenvalue weighted by Crippen LogP contribution is 2.34. The highest BCUT2D eigenvalue weighted by molar-refractivity contribution is 9.10. The van der Waals surface area contributed by atoms with E-state index >= 15 is 0 Å². The van der Waals surface area contributed by atoms with E-state index in [9.17, 15) is 0 Å². The molecule has 0 unspecified atom stereocenters. The Morgan fingerprint density at radius 1 is 1.00 bits per heavy atom. The maximum atomic E-state index is 6.17. The van der Waals surface area contributed by atoms with Crippen molar-refractivity contribution >= 4 is 50.7 Å². The van der Waals surface area contributed by atoms with Crippen molar-refractivity contribution in [3.8, 4) is 5.75 Å². The minimum Gasteiger partial charge on any atom is -0.487 e. The molecule has 0 saturated carbocycles. The Morgan fingerprint density at radius 3 is 2.40 bits per heavy atom. The molecule has 20 heavy (non-hydrogen) atoms. The normalized spacial score (nSPS) is 10.7. The lowest BCUT2D eigenvalue weighted by atomic mass is 10.1. The number of halogens is 4. The molecule has 0 bridgehead atoms. The van der Waals surface area contributed by atoms with Gasteiger partial charge in [-0.2, -0.15) is 0 Å². The lowest BCUT2D eigenvalue weighted by Gasteiger charge is -2.11. The van der Waals surface area contributed by atoms with Crippen LogP contribution in [-0.4, -0.2) is 0 Å². The van der Waals surface area contributed by atoms with Gasteiger partial charge in [0.05, 0.1) is 10.0 Å². The lowest BCUT2D eigenvalue weighted by Crippen LogP contribution is -2.00. The SMILES string of the molecule is NCc1ccc(COc2cc(Cl)c(Br)cc2Cl)c(Cl)c1. The Kier molecular flexibility index (Phi) is 5.58. The molecule has 0 aliphatic heterocycles. The van der Waals surface area contributed by atoms with Crippen LogP contribution >= 0.6 is 50.7 Å². The largest absolute Gasteiger partial charge is 0.487 e. The van der Waals surface area contributed by atoms with Crippen molar-refractivity contribution in [3.63, 3.8) is 0 Å². The van der Waals surface area contributed by atoms with Crippen molar-refractivity contribution in [2.75, 3.05) is 0 Å². The fourth-order valence-corrected chi connectivity index (χ4v) is 2.71. The summed E-state index contributed by atoms with van der Waals surface area (Å²) in [6.45, 7) is 0.760. The molecule has 0 saturated heterocycles. The van der Waals surface area contributed by atoms with Gasteiger partial charge in [0.25, 0.3) is 0 Å². The Morgan fingerprint density at radius 2 is 1.75 bits per heavy atom. The highest BCUT2D eigenvalue weighted by Gasteiger charge is 2.08. The fourth-order valence-electron chi connectivity index (χ4n) is 1.61. The maximum Gasteiger partial charge on any atom is 0.139 e. The summed E-state index contributed by atoms with van der Waals surface area (Å²) in [4.78, 5) is 0. The summed E-state index contributed by atoms with van der Waals surface area (Å²) in [6.07, 6.45) is 0. The number of hydrogen-bond donors (Lipinski definition) is 1. The zero-order valence-electron chi connectivity index (χ0n) is 10.3. The van der Waals surface area contributed by atoms with E-state index in [0.717, 1.165) is 15.6 Å². The standard InChI is InChI=1S/C14H11BrCl3NO/c15-10-4-13(18)14(5-12(10)17)20-7-9-2-1-8(6-19)3-11(9)16/h1-5H,6-7,19H2. The van der Waals surface area contributed by atoms with Gasteiger partial charge in [0, 0.05) is 27.7 Å². The number of rotatable bonds is 4. The first-order valence-corrected chi connectivity index (χ1v) is 7.68. The van der Waals surface area contributed by atoms with E-state index in [1.807, 2.05) is 18.2 Å². The minimum absolute atomic E-state index is 0.307. The molecule has 0 heterocycles. The molecular weight excluding hydrogens is 384 g/mol. The van der Waals surface area contributed by atoms with Crippen LogP contribution in [0.5, 0.6) is 5.75 Å². The van der Waals surface area contributed by atoms with Crippen molar-refractivity contribution < 1.29 is 4.74 Å². The molecule has 0 radical (unpaired) electrons. The van der Waals surface area contributed by atoms with E-state index < -0.39 is 0 Å². The molecule has 0 fully saturated rings. The van der Waals surface area contributed by atoms with Crippen molar-refractivity contribution in [3.05, 3.63) is 61.0 Å². The molecule has 2 aromatic carbocycles. The van der Waals surface area contributed by atoms with Crippen molar-refractivity contribution in [1.82, 2.24) is 0 Å². The molecule has 0 aromatic heterocycles. The summed E-state index contributed by atoms with van der Waals surface area (Å²) < 4.78 is 6.38. The quantitative estimate of drug-likeness (QED) is 0.699. The smallest absolute Gasteiger partial charge is 0.139 e. The molecule has 0 amide bonds. The number of benzene rings is 2. The Hall–Kier alpha value is -0.450. The van der Waals surface area contributed by atoms with Crippen LogP contribution in [0.4, 0.5) is 0 Å². The van der Waals surface area contributed by atoms with Crippen LogP contribution in [0.3, 0.4) is 0 Å². The topological polar surface area (TPSA) is 35.2 Å². The average molecular weight is 396 g/mol. The van der Waals surface area contributed by atoms with Crippen LogP contribution < -0.4 is 10.5 Å². The summed E-state index contributed by atoms with van der Waals surface area (Å²) in [5, 5.41) is 1.64. The molecule has 6 heteroatoms. The van der Waals surface area contributed by atoms with Crippen molar-refractivity contribution in [2.45, 2.75) is 13.2 Å². The molecule has 2 aromatic rings. The third-order valence-corrected chi connectivity index (χ3v) is 4.56. The van der Waals surface area contributed by atoms with Gasteiger partial charge < -0.3 is 10.5 Å². The average Bonchev–Trinajstić information content (AvgIpc) is 2.42. The molecule has 106 valence electrons. The van der Waals surface area contributed by atoms with Gasteiger partial charge in [-0.25, -0.2) is 0 Å². The van der Waals surface area contributed by atoms with E-state index in [1.165, 1.54) is 0 Å². The van der Waals surface area contributed by atoms with Gasteiger partial charge in [0.2, 0.25) is 0 Å². The van der Waals surface area contributed by atoms with E-state index in [1.54, 1.807) is 12.1 Å². The lowest BCUT2D eigenvalue weighted by molar-refractivity contribution is 0.306. The predicted octanol–water partition coefficient (Wildman–Crippen LogP) is 5.45. The second-order valence-corrected chi connectivity index (χ2v) is 6.19. The summed E-state index contributed by atoms with van der Waals surface area (Å²) in [6, 6.07) is 8.99. The molecule has 2 nitrogen and oxygen atoms in total. The molecule has 0 aliphatic rings. The van der Waals surface area contributed by atoms with Gasteiger partial charge >= 0.3 is 0 Å². The molecule has 2 N–H and O–H groups in total. The fraction of sp³-hybridized carbons (Fsp3) is 0.143. The van der Waals surface area contributed by atoms with Gasteiger partial charge in [-0.15, -0.1) is 0 Å². The molecular formula is C14H11BrCl3NO. The third-order valence-electron chi connectivity index (χ3n) is 2.71. The van der Waals surface area contributed by atoms with Gasteiger partial charge in [0.15, 0.2) is 0 Å². The number of nitrogens with two attached hydrogens (primary N) is 1. The van der Waals surface area contributed by atoms with Gasteiger partial charge in [-0.05, 0) is 33.6 Å². The summed E-state index contributed by atoms with van der Waals surface area (Å²) in [7, 11) is 0. The van der Waals surface area contributed by atoms with Crippen LogP contribution in [0, 0.1) is 0 Å². The Bertz CT molecular complexity index is 634. The number of hydrogen-bond acceptors (Lipinski definition) is 2. The second kappa shape index (κ2) is 7.01. The Labute approximate surface area is 140 Å². The molecule has 2 rings (SSSR count). The van der Waals surface area contributed by atoms with Gasteiger partial charge in [-0.1, -0.05) is 46.9 Å². The third kappa shape index (κ3) is 3.80. The Balaban J connectivity index is 2.15. The van der Waals surface area contributed by atoms with E-state index in [4.69, 9.17) is 45.3 Å². The maximum absolute atomic E-state index is 6.17. The van der Waals surface area contributed by atoms with Gasteiger partial charge in [-0.3, -0.25) is 0 Å². The van der Waals surface area contributed by atoms with E-state index in [-0.39, 0.29) is 0 Å². The predicted molar refractivity (Wildman–Crippen MR) is 87.8 cm³/mol. The first kappa shape index (κ1) is 15.9. The minimum atomic E-state index is 0.307. The zero-order chi connectivity index (χ0) is 14.7. The van der Waals surface area contributed by atoms with Crippen LogP contribution in [0.15, 0.2) is 34.8 Å². The van der Waals surface area contributed by atoms with Crippen LogP contribution in [-0.2, 0) is 13.2 Å². The summed E-state index contributed by atoms with van der Waals surface area (Å²) in [5.74, 6) is 0.513. The van der Waals surface area contributed by atoms with Crippen molar-refractivity contribution in [2.24, 2.45) is 5.73 Å². The summed E-state index contributed by atoms with van der Waals surface area (Å²) >= 11 is 21.6. The molecule has 0 aliphatic carbocycles. The van der Waals surface area contributed by atoms with Gasteiger partial charge in [0.1, 0.15) is 12.4 Å². The summed E-state index contributed by atoms with van der Waals surface area (Å²) in [5.41, 5.74) is 7.39. The highest BCUT2D eigenvalue weighted by atomic mass is 79.9. The molecule has 0 atom stereocenters. The number of ether oxygens (including phenoxy) is 1. The van der Waals surface area contributed by atoms with Crippen LogP contribution in [0.1, 0.15) is 11.1 Å². The van der Waals surface area contributed by atoms with Crippen LogP contribution in [0.25, 0.3) is 0 Å².